The third kappa shape index (κ3) is 5.56. The second-order valence-electron chi connectivity index (χ2n) is 6.71. The molecule has 0 aliphatic heterocycles. The zero-order valence-electron chi connectivity index (χ0n) is 15.1. The largest absolute Gasteiger partial charge is 0.444 e. The van der Waals surface area contributed by atoms with E-state index in [0.717, 1.165) is 18.4 Å². The van der Waals surface area contributed by atoms with Crippen LogP contribution >= 0.6 is 0 Å². The predicted molar refractivity (Wildman–Crippen MR) is 102 cm³/mol. The molecular formula is C21H24N2O4. The molecule has 0 saturated heterocycles. The standard InChI is InChI=1S/C21H24N2O4/c24-17-12-10-16(11-13-17)22-20(25)18-8-4-5-9-19(18)23-21(26)27-14-15-6-2-1-3-7-15/h1-9,16-17,24H,10-14H2,(H,22,25)(H,23,26). The summed E-state index contributed by atoms with van der Waals surface area (Å²) in [5.41, 5.74) is 1.68. The van der Waals surface area contributed by atoms with Crippen LogP contribution in [0.2, 0.25) is 0 Å². The van der Waals surface area contributed by atoms with E-state index in [2.05, 4.69) is 10.6 Å². The van der Waals surface area contributed by atoms with Crippen molar-refractivity contribution in [2.45, 2.75) is 44.4 Å². The molecule has 6 nitrogen and oxygen atoms in total. The molecule has 0 spiro atoms. The number of ether oxygens (including phenoxy) is 1. The van der Waals surface area contributed by atoms with Crippen molar-refractivity contribution in [2.75, 3.05) is 5.32 Å². The Morgan fingerprint density at radius 1 is 0.963 bits per heavy atom. The van der Waals surface area contributed by atoms with E-state index in [1.807, 2.05) is 30.3 Å². The van der Waals surface area contributed by atoms with Crippen molar-refractivity contribution >= 4 is 17.7 Å². The Balaban J connectivity index is 1.58. The number of anilines is 1. The number of hydrogen-bond donors (Lipinski definition) is 3. The SMILES string of the molecule is O=C(Nc1ccccc1C(=O)NC1CCC(O)CC1)OCc1ccccc1. The summed E-state index contributed by atoms with van der Waals surface area (Å²) in [6, 6.07) is 16.3. The van der Waals surface area contributed by atoms with Crippen molar-refractivity contribution in [3.05, 3.63) is 65.7 Å². The van der Waals surface area contributed by atoms with E-state index in [1.165, 1.54) is 0 Å². The highest BCUT2D eigenvalue weighted by molar-refractivity contribution is 6.02. The van der Waals surface area contributed by atoms with Crippen LogP contribution in [0.1, 0.15) is 41.6 Å². The van der Waals surface area contributed by atoms with Crippen molar-refractivity contribution < 1.29 is 19.4 Å². The minimum absolute atomic E-state index is 0.0407. The third-order valence-corrected chi connectivity index (χ3v) is 4.65. The van der Waals surface area contributed by atoms with Crippen LogP contribution in [-0.4, -0.2) is 29.3 Å². The van der Waals surface area contributed by atoms with E-state index < -0.39 is 6.09 Å². The van der Waals surface area contributed by atoms with Crippen LogP contribution in [0.15, 0.2) is 54.6 Å². The molecule has 0 aromatic heterocycles. The molecule has 2 amide bonds. The van der Waals surface area contributed by atoms with Gasteiger partial charge in [0.25, 0.3) is 5.91 Å². The van der Waals surface area contributed by atoms with Crippen LogP contribution in [0, 0.1) is 0 Å². The Labute approximate surface area is 158 Å². The number of carbonyl (C=O) groups is 2. The highest BCUT2D eigenvalue weighted by Crippen LogP contribution is 2.20. The van der Waals surface area contributed by atoms with Gasteiger partial charge in [0.2, 0.25) is 0 Å². The number of aliphatic hydroxyl groups excluding tert-OH is 1. The van der Waals surface area contributed by atoms with Crippen LogP contribution in [0.3, 0.4) is 0 Å². The van der Waals surface area contributed by atoms with Gasteiger partial charge in [-0.1, -0.05) is 42.5 Å². The summed E-state index contributed by atoms with van der Waals surface area (Å²) >= 11 is 0. The molecule has 27 heavy (non-hydrogen) atoms. The fraction of sp³-hybridized carbons (Fsp3) is 0.333. The first kappa shape index (κ1) is 18.9. The average molecular weight is 368 g/mol. The van der Waals surface area contributed by atoms with Gasteiger partial charge in [-0.25, -0.2) is 4.79 Å². The molecule has 0 radical (unpaired) electrons. The fourth-order valence-electron chi connectivity index (χ4n) is 3.14. The van der Waals surface area contributed by atoms with E-state index in [4.69, 9.17) is 4.74 Å². The van der Waals surface area contributed by atoms with E-state index in [-0.39, 0.29) is 24.7 Å². The Hall–Kier alpha value is -2.86. The van der Waals surface area contributed by atoms with Gasteiger partial charge in [-0.2, -0.15) is 0 Å². The second kappa shape index (κ2) is 9.19. The summed E-state index contributed by atoms with van der Waals surface area (Å²) in [6.07, 6.45) is 2.00. The number of hydrogen-bond acceptors (Lipinski definition) is 4. The highest BCUT2D eigenvalue weighted by Gasteiger charge is 2.22. The number of nitrogens with one attached hydrogen (secondary N) is 2. The van der Waals surface area contributed by atoms with Gasteiger partial charge in [0, 0.05) is 6.04 Å². The lowest BCUT2D eigenvalue weighted by Gasteiger charge is -2.26. The lowest BCUT2D eigenvalue weighted by Crippen LogP contribution is -2.38. The number of benzene rings is 2. The van der Waals surface area contributed by atoms with Gasteiger partial charge in [0.1, 0.15) is 6.61 Å². The average Bonchev–Trinajstić information content (AvgIpc) is 2.69. The molecule has 1 fully saturated rings. The molecular weight excluding hydrogens is 344 g/mol. The molecule has 1 saturated carbocycles. The molecule has 6 heteroatoms. The topological polar surface area (TPSA) is 87.7 Å². The van der Waals surface area contributed by atoms with Gasteiger partial charge >= 0.3 is 6.09 Å². The summed E-state index contributed by atoms with van der Waals surface area (Å²) in [7, 11) is 0. The summed E-state index contributed by atoms with van der Waals surface area (Å²) in [5, 5.41) is 15.2. The molecule has 2 aromatic rings. The zero-order chi connectivity index (χ0) is 19.1. The zero-order valence-corrected chi connectivity index (χ0v) is 15.1. The summed E-state index contributed by atoms with van der Waals surface area (Å²) in [6.45, 7) is 0.158. The van der Waals surface area contributed by atoms with Crippen LogP contribution in [0.25, 0.3) is 0 Å². The summed E-state index contributed by atoms with van der Waals surface area (Å²) < 4.78 is 5.22. The molecule has 0 heterocycles. The van der Waals surface area contributed by atoms with Crippen LogP contribution in [0.4, 0.5) is 10.5 Å². The molecule has 2 aromatic carbocycles. The Bertz CT molecular complexity index is 771. The predicted octanol–water partition coefficient (Wildman–Crippen LogP) is 3.47. The lowest BCUT2D eigenvalue weighted by molar-refractivity contribution is 0.0868. The van der Waals surface area contributed by atoms with E-state index in [1.54, 1.807) is 24.3 Å². The Morgan fingerprint density at radius 3 is 2.37 bits per heavy atom. The maximum absolute atomic E-state index is 12.6. The van der Waals surface area contributed by atoms with Gasteiger partial charge in [0.05, 0.1) is 17.4 Å². The second-order valence-corrected chi connectivity index (χ2v) is 6.71. The summed E-state index contributed by atoms with van der Waals surface area (Å²) in [4.78, 5) is 24.7. The number of amides is 2. The fourth-order valence-corrected chi connectivity index (χ4v) is 3.14. The molecule has 1 aliphatic carbocycles. The van der Waals surface area contributed by atoms with E-state index in [0.29, 0.717) is 24.1 Å². The van der Waals surface area contributed by atoms with Crippen molar-refractivity contribution in [1.29, 1.82) is 0 Å². The van der Waals surface area contributed by atoms with Crippen molar-refractivity contribution in [2.24, 2.45) is 0 Å². The van der Waals surface area contributed by atoms with Crippen molar-refractivity contribution in [3.63, 3.8) is 0 Å². The molecule has 0 atom stereocenters. The lowest BCUT2D eigenvalue weighted by atomic mass is 9.93. The van der Waals surface area contributed by atoms with Gasteiger partial charge in [-0.15, -0.1) is 0 Å². The number of rotatable bonds is 5. The smallest absolute Gasteiger partial charge is 0.411 e. The molecule has 3 rings (SSSR count). The van der Waals surface area contributed by atoms with E-state index >= 15 is 0 Å². The van der Waals surface area contributed by atoms with Crippen LogP contribution < -0.4 is 10.6 Å². The van der Waals surface area contributed by atoms with Gasteiger partial charge < -0.3 is 15.2 Å². The van der Waals surface area contributed by atoms with E-state index in [9.17, 15) is 14.7 Å². The molecule has 3 N–H and O–H groups in total. The van der Waals surface area contributed by atoms with Crippen LogP contribution in [0.5, 0.6) is 0 Å². The van der Waals surface area contributed by atoms with Gasteiger partial charge in [0.15, 0.2) is 0 Å². The molecule has 1 aliphatic rings. The molecule has 142 valence electrons. The normalized spacial score (nSPS) is 19.1. The van der Waals surface area contributed by atoms with Gasteiger partial charge in [-0.3, -0.25) is 10.1 Å². The molecule has 0 bridgehead atoms. The Kier molecular flexibility index (Phi) is 6.44. The Morgan fingerprint density at radius 2 is 1.63 bits per heavy atom. The first-order valence-electron chi connectivity index (χ1n) is 9.17. The maximum Gasteiger partial charge on any atom is 0.411 e. The quantitative estimate of drug-likeness (QED) is 0.754. The monoisotopic (exact) mass is 368 g/mol. The summed E-state index contributed by atoms with van der Waals surface area (Å²) in [5.74, 6) is -0.240. The molecule has 0 unspecified atom stereocenters. The minimum Gasteiger partial charge on any atom is -0.444 e. The maximum atomic E-state index is 12.6. The van der Waals surface area contributed by atoms with Gasteiger partial charge in [-0.05, 0) is 43.4 Å². The number of carbonyl (C=O) groups excluding carboxylic acids is 2. The van der Waals surface area contributed by atoms with Crippen molar-refractivity contribution in [3.8, 4) is 0 Å². The van der Waals surface area contributed by atoms with Crippen molar-refractivity contribution in [1.82, 2.24) is 5.32 Å². The minimum atomic E-state index is -0.611. The first-order valence-corrected chi connectivity index (χ1v) is 9.17. The van der Waals surface area contributed by atoms with Crippen LogP contribution in [-0.2, 0) is 11.3 Å². The highest BCUT2D eigenvalue weighted by atomic mass is 16.5. The number of aliphatic hydroxyl groups is 1. The number of para-hydroxylation sites is 1. The first-order chi connectivity index (χ1) is 13.1. The third-order valence-electron chi connectivity index (χ3n) is 4.65.